The van der Waals surface area contributed by atoms with Gasteiger partial charge in [0.2, 0.25) is 53.2 Å². The lowest BCUT2D eigenvalue weighted by atomic mass is 9.96. The molecule has 440 valence electrons. The molecule has 0 unspecified atom stereocenters. The average Bonchev–Trinajstić information content (AvgIpc) is 4.08. The predicted molar refractivity (Wildman–Crippen MR) is 309 cm³/mol. The molecule has 18 N–H and O–H groups in total. The molecule has 26 heteroatoms. The van der Waals surface area contributed by atoms with Crippen LogP contribution in [0.25, 0.3) is 10.9 Å². The van der Waals surface area contributed by atoms with Crippen LogP contribution in [0.1, 0.15) is 81.4 Å². The molecule has 2 aliphatic rings. The van der Waals surface area contributed by atoms with E-state index >= 15 is 9.59 Å². The number of fused-ring (bicyclic) bond motifs is 2. The number of guanidine groups is 2. The molecule has 0 aliphatic carbocycles. The van der Waals surface area contributed by atoms with Gasteiger partial charge in [0.1, 0.15) is 42.3 Å². The summed E-state index contributed by atoms with van der Waals surface area (Å²) in [5, 5.41) is 20.5. The van der Waals surface area contributed by atoms with Crippen molar-refractivity contribution in [3.05, 3.63) is 107 Å². The number of nitrogens with two attached hydrogens (primary N) is 5. The fraction of sp³-hybridized carbons (Fsp3) is 0.446. The first-order valence-electron chi connectivity index (χ1n) is 27.3. The number of carbonyl (C=O) groups is 9. The minimum absolute atomic E-state index is 0.0242. The highest BCUT2D eigenvalue weighted by Gasteiger charge is 2.44. The average molecular weight is 1150 g/mol. The zero-order chi connectivity index (χ0) is 59.3. The van der Waals surface area contributed by atoms with Gasteiger partial charge in [-0.15, -0.1) is 0 Å². The van der Waals surface area contributed by atoms with Gasteiger partial charge in [0.25, 0.3) is 0 Å². The van der Waals surface area contributed by atoms with Crippen molar-refractivity contribution in [3.8, 4) is 0 Å². The maximum absolute atomic E-state index is 15.2. The van der Waals surface area contributed by atoms with E-state index in [1.165, 1.54) is 11.8 Å². The van der Waals surface area contributed by atoms with Crippen LogP contribution < -0.4 is 65.9 Å². The molecule has 8 atom stereocenters. The second kappa shape index (κ2) is 30.7. The number of amides is 9. The number of hydrogen-bond acceptors (Lipinski definition) is 11. The lowest BCUT2D eigenvalue weighted by Gasteiger charge is -2.31. The van der Waals surface area contributed by atoms with Crippen LogP contribution in [0.4, 0.5) is 0 Å². The Bertz CT molecular complexity index is 2950. The van der Waals surface area contributed by atoms with Gasteiger partial charge in [-0.25, -0.2) is 0 Å². The number of para-hydroxylation sites is 1. The second-order valence-corrected chi connectivity index (χ2v) is 21.0. The number of H-pyrrole nitrogens is 1. The Morgan fingerprint density at radius 2 is 1.34 bits per heavy atom. The number of aliphatic imine (C=N–C) groups is 2. The maximum atomic E-state index is 15.2. The maximum Gasteiger partial charge on any atom is 0.246 e. The number of halogens is 1. The Kier molecular flexibility index (Phi) is 23.4. The third kappa shape index (κ3) is 19.2. The molecule has 82 heavy (non-hydrogen) atoms. The third-order valence-electron chi connectivity index (χ3n) is 14.2. The number of nitrogens with one attached hydrogen (secondary N) is 8. The highest BCUT2D eigenvalue weighted by molar-refractivity contribution is 6.30. The number of carbonyl (C=O) groups excluding carboxylic acids is 9. The van der Waals surface area contributed by atoms with Crippen molar-refractivity contribution in [2.45, 2.75) is 126 Å². The van der Waals surface area contributed by atoms with Gasteiger partial charge in [-0.2, -0.15) is 0 Å². The van der Waals surface area contributed by atoms with Crippen molar-refractivity contribution < 1.29 is 43.2 Å². The van der Waals surface area contributed by atoms with Crippen molar-refractivity contribution in [3.63, 3.8) is 0 Å². The molecule has 9 amide bonds. The molecule has 0 bridgehead atoms. The zero-order valence-electron chi connectivity index (χ0n) is 45.8. The fourth-order valence-electron chi connectivity index (χ4n) is 10.1. The zero-order valence-corrected chi connectivity index (χ0v) is 46.6. The number of aromatic amines is 1. The van der Waals surface area contributed by atoms with Crippen LogP contribution in [0.15, 0.2) is 95.0 Å². The van der Waals surface area contributed by atoms with Gasteiger partial charge in [0.05, 0.1) is 6.42 Å². The molecule has 2 fully saturated rings. The van der Waals surface area contributed by atoms with E-state index in [0.29, 0.717) is 22.6 Å². The summed E-state index contributed by atoms with van der Waals surface area (Å²) in [6, 6.07) is 13.8. The van der Waals surface area contributed by atoms with Crippen molar-refractivity contribution in [1.82, 2.24) is 47.1 Å². The molecule has 25 nitrogen and oxygen atoms in total. The van der Waals surface area contributed by atoms with Crippen molar-refractivity contribution in [1.29, 1.82) is 0 Å². The van der Waals surface area contributed by atoms with Crippen molar-refractivity contribution >= 4 is 87.6 Å². The molecule has 3 heterocycles. The van der Waals surface area contributed by atoms with E-state index in [0.717, 1.165) is 16.5 Å². The predicted octanol–water partition coefficient (Wildman–Crippen LogP) is -0.722. The first-order valence-corrected chi connectivity index (χ1v) is 27.7. The summed E-state index contributed by atoms with van der Waals surface area (Å²) >= 11 is 6.23. The lowest BCUT2D eigenvalue weighted by Crippen LogP contribution is -2.60. The van der Waals surface area contributed by atoms with E-state index in [1.807, 2.05) is 36.4 Å². The monoisotopic (exact) mass is 1150 g/mol. The topological polar surface area (TPSA) is 412 Å². The van der Waals surface area contributed by atoms with E-state index in [1.54, 1.807) is 48.7 Å². The summed E-state index contributed by atoms with van der Waals surface area (Å²) in [5.41, 5.74) is 31.0. The molecule has 1 aromatic heterocycles. The summed E-state index contributed by atoms with van der Waals surface area (Å²) in [5.74, 6) is -7.52. The fourth-order valence-corrected chi connectivity index (χ4v) is 10.2. The third-order valence-corrected chi connectivity index (χ3v) is 14.4. The molecule has 2 aliphatic heterocycles. The Morgan fingerprint density at radius 3 is 2.04 bits per heavy atom. The smallest absolute Gasteiger partial charge is 0.246 e. The molecule has 6 rings (SSSR count). The van der Waals surface area contributed by atoms with Gasteiger partial charge >= 0.3 is 0 Å². The van der Waals surface area contributed by atoms with Crippen LogP contribution in [0.2, 0.25) is 5.02 Å². The van der Waals surface area contributed by atoms with Gasteiger partial charge in [-0.05, 0) is 98.6 Å². The van der Waals surface area contributed by atoms with Gasteiger partial charge in [-0.3, -0.25) is 53.1 Å². The van der Waals surface area contributed by atoms with Gasteiger partial charge < -0.3 is 75.8 Å². The standard InChI is InChI=1S/C56H75ClN16O9/c1-32(74)67-41(16-9-23-64-55(59)60)49(77)72-45-29-47(75)63-22-8-7-15-40(48(58)76)68-52(80)44(28-36-30-66-39-14-6-5-13-38(36)39)70-50(78)42(17-10-24-65-56(61)62)69-51(79)43(26-33-11-3-2-4-12-33)71-53(81)46-27-35(31-73(46)54(45)82)25-34-18-20-37(57)21-19-34/h2-6,11-14,18-21,30,35,40-46,66H,7-10,15-17,22-29,31H2,1H3,(H2,58,76)(H,63,75)(H,67,74)(H,68,80)(H,69,79)(H,70,78)(H,71,81)(H,72,77)(H4,59,60,64)(H4,61,62,65)/t35-,40+,41+,42+,43-,44+,45+,46+/m1/s1. The quantitative estimate of drug-likeness (QED) is 0.0333. The summed E-state index contributed by atoms with van der Waals surface area (Å²) in [4.78, 5) is 140. The van der Waals surface area contributed by atoms with Crippen molar-refractivity contribution in [2.75, 3.05) is 26.2 Å². The molecule has 4 aromatic rings. The van der Waals surface area contributed by atoms with E-state index in [-0.39, 0.29) is 108 Å². The SMILES string of the molecule is CC(=O)N[C@@H](CCCN=C(N)N)C(=O)N[C@H]1CC(=O)NCCCC[C@@H](C(N)=O)NC(=O)[C@H](Cc2c[nH]c3ccccc23)NC(=O)[C@H](CCCN=C(N)N)NC(=O)[C@@H](Cc2ccccc2)NC(=O)[C@@H]2C[C@@H](Cc3ccc(Cl)cc3)CN2C1=O. The van der Waals surface area contributed by atoms with Crippen molar-refractivity contribution in [2.24, 2.45) is 44.6 Å². The Hall–Kier alpha value is -8.74. The normalized spacial score (nSPS) is 22.0. The number of nitrogens with zero attached hydrogens (tertiary/aromatic N) is 3. The van der Waals surface area contributed by atoms with Crippen LogP contribution in [0, 0.1) is 5.92 Å². The van der Waals surface area contributed by atoms with Gasteiger partial charge in [-0.1, -0.05) is 72.3 Å². The largest absolute Gasteiger partial charge is 0.370 e. The number of rotatable bonds is 18. The van der Waals surface area contributed by atoms with Crippen LogP contribution in [0.5, 0.6) is 0 Å². The molecule has 2 saturated heterocycles. The Labute approximate surface area is 479 Å². The minimum atomic E-state index is -1.60. The molecular weight excluding hydrogens is 1080 g/mol. The molecule has 0 spiro atoms. The Balaban J connectivity index is 1.40. The molecule has 0 radical (unpaired) electrons. The highest BCUT2D eigenvalue weighted by atomic mass is 35.5. The lowest BCUT2D eigenvalue weighted by molar-refractivity contribution is -0.143. The number of hydrogen-bond donors (Lipinski definition) is 13. The van der Waals surface area contributed by atoms with Crippen LogP contribution in [0.3, 0.4) is 0 Å². The van der Waals surface area contributed by atoms with E-state index in [9.17, 15) is 33.6 Å². The summed E-state index contributed by atoms with van der Waals surface area (Å²) in [6.07, 6.45) is 2.32. The van der Waals surface area contributed by atoms with Crippen LogP contribution in [-0.4, -0.2) is 143 Å². The first-order chi connectivity index (χ1) is 39.2. The first kappa shape index (κ1) is 62.5. The van der Waals surface area contributed by atoms with Gasteiger partial charge in [0, 0.05) is 68.1 Å². The van der Waals surface area contributed by atoms with E-state index < -0.39 is 102 Å². The highest BCUT2D eigenvalue weighted by Crippen LogP contribution is 2.29. The molecule has 0 saturated carbocycles. The summed E-state index contributed by atoms with van der Waals surface area (Å²) in [7, 11) is 0. The number of benzene rings is 3. The van der Waals surface area contributed by atoms with E-state index in [4.69, 9.17) is 40.3 Å². The second-order valence-electron chi connectivity index (χ2n) is 20.6. The van der Waals surface area contributed by atoms with Gasteiger partial charge in [0.15, 0.2) is 11.9 Å². The summed E-state index contributed by atoms with van der Waals surface area (Å²) < 4.78 is 0. The molecular formula is C56H75ClN16O9. The van der Waals surface area contributed by atoms with E-state index in [2.05, 4.69) is 52.2 Å². The number of aromatic nitrogens is 1. The Morgan fingerprint density at radius 1 is 0.720 bits per heavy atom. The summed E-state index contributed by atoms with van der Waals surface area (Å²) in [6.45, 7) is 1.39. The molecule has 3 aromatic carbocycles. The minimum Gasteiger partial charge on any atom is -0.370 e. The number of primary amides is 1. The van der Waals surface area contributed by atoms with Crippen LogP contribution >= 0.6 is 11.6 Å². The van der Waals surface area contributed by atoms with Crippen LogP contribution in [-0.2, 0) is 62.4 Å².